The fourth-order valence-electron chi connectivity index (χ4n) is 2.44. The second-order valence-electron chi connectivity index (χ2n) is 6.24. The summed E-state index contributed by atoms with van der Waals surface area (Å²) in [5.41, 5.74) is 5.85. The van der Waals surface area contributed by atoms with Crippen LogP contribution in [0.5, 0.6) is 0 Å². The second-order valence-corrected chi connectivity index (χ2v) is 6.24. The summed E-state index contributed by atoms with van der Waals surface area (Å²) in [6, 6.07) is 0. The van der Waals surface area contributed by atoms with Crippen molar-refractivity contribution in [3.63, 3.8) is 0 Å². The van der Waals surface area contributed by atoms with Gasteiger partial charge in [0.2, 0.25) is 5.89 Å². The minimum Gasteiger partial charge on any atom is -0.381 e. The van der Waals surface area contributed by atoms with E-state index >= 15 is 0 Å². The van der Waals surface area contributed by atoms with Crippen LogP contribution in [-0.4, -0.2) is 29.9 Å². The molecule has 0 bridgehead atoms. The van der Waals surface area contributed by atoms with Gasteiger partial charge in [0, 0.05) is 26.1 Å². The minimum atomic E-state index is 0.239. The summed E-state index contributed by atoms with van der Waals surface area (Å²) in [6.07, 6.45) is 4.86. The first kappa shape index (κ1) is 14.5. The van der Waals surface area contributed by atoms with Crippen molar-refractivity contribution in [3.05, 3.63) is 11.7 Å². The van der Waals surface area contributed by atoms with E-state index in [9.17, 15) is 0 Å². The van der Waals surface area contributed by atoms with Crippen LogP contribution in [0, 0.1) is 11.3 Å². The fourth-order valence-corrected chi connectivity index (χ4v) is 2.44. The Labute approximate surface area is 114 Å². The van der Waals surface area contributed by atoms with Crippen molar-refractivity contribution in [1.82, 2.24) is 10.1 Å². The Hall–Kier alpha value is -0.940. The Bertz CT molecular complexity index is 384. The van der Waals surface area contributed by atoms with Crippen LogP contribution in [0.3, 0.4) is 0 Å². The summed E-state index contributed by atoms with van der Waals surface area (Å²) >= 11 is 0. The molecule has 0 saturated carbocycles. The molecule has 0 amide bonds. The summed E-state index contributed by atoms with van der Waals surface area (Å²) in [6.45, 7) is 6.87. The number of hydrogen-bond donors (Lipinski definition) is 1. The molecule has 0 radical (unpaired) electrons. The third-order valence-electron chi connectivity index (χ3n) is 3.84. The normalized spacial score (nSPS) is 20.1. The highest BCUT2D eigenvalue weighted by atomic mass is 16.5. The Kier molecular flexibility index (Phi) is 4.93. The van der Waals surface area contributed by atoms with E-state index < -0.39 is 0 Å². The molecule has 1 atom stereocenters. The van der Waals surface area contributed by atoms with Gasteiger partial charge in [0.15, 0.2) is 5.82 Å². The summed E-state index contributed by atoms with van der Waals surface area (Å²) in [5.74, 6) is 2.13. The van der Waals surface area contributed by atoms with Crippen LogP contribution < -0.4 is 5.73 Å². The zero-order valence-electron chi connectivity index (χ0n) is 12.0. The molecule has 19 heavy (non-hydrogen) atoms. The summed E-state index contributed by atoms with van der Waals surface area (Å²) in [5, 5.41) is 4.06. The van der Waals surface area contributed by atoms with E-state index in [1.54, 1.807) is 0 Å². The standard InChI is InChI=1S/C14H25N3O2/c1-14(2,6-7-15)5-3-13-16-12(17-19-13)9-11-4-8-18-10-11/h11H,3-10,15H2,1-2H3. The van der Waals surface area contributed by atoms with Gasteiger partial charge >= 0.3 is 0 Å². The fraction of sp³-hybridized carbons (Fsp3) is 0.857. The van der Waals surface area contributed by atoms with Crippen LogP contribution in [0.25, 0.3) is 0 Å². The van der Waals surface area contributed by atoms with E-state index in [0.29, 0.717) is 5.92 Å². The summed E-state index contributed by atoms with van der Waals surface area (Å²) in [4.78, 5) is 4.47. The Morgan fingerprint density at radius 3 is 2.89 bits per heavy atom. The van der Waals surface area contributed by atoms with E-state index in [2.05, 4.69) is 24.0 Å². The van der Waals surface area contributed by atoms with Crippen LogP contribution in [0.1, 0.15) is 44.8 Å². The SMILES string of the molecule is CC(C)(CCN)CCc1nc(CC2CCOC2)no1. The van der Waals surface area contributed by atoms with Crippen molar-refractivity contribution < 1.29 is 9.26 Å². The van der Waals surface area contributed by atoms with Gasteiger partial charge in [-0.15, -0.1) is 0 Å². The molecule has 5 nitrogen and oxygen atoms in total. The third kappa shape index (κ3) is 4.58. The number of nitrogens with zero attached hydrogens (tertiary/aromatic N) is 2. The van der Waals surface area contributed by atoms with Crippen LogP contribution in [0.2, 0.25) is 0 Å². The maximum absolute atomic E-state index is 5.62. The zero-order valence-corrected chi connectivity index (χ0v) is 12.0. The third-order valence-corrected chi connectivity index (χ3v) is 3.84. The molecule has 5 heteroatoms. The van der Waals surface area contributed by atoms with Gasteiger partial charge in [-0.25, -0.2) is 0 Å². The average Bonchev–Trinajstić information content (AvgIpc) is 2.99. The molecule has 2 rings (SSSR count). The maximum Gasteiger partial charge on any atom is 0.226 e. The molecule has 0 aliphatic carbocycles. The van der Waals surface area contributed by atoms with Crippen LogP contribution in [-0.2, 0) is 17.6 Å². The molecule has 1 fully saturated rings. The highest BCUT2D eigenvalue weighted by Crippen LogP contribution is 2.26. The average molecular weight is 267 g/mol. The minimum absolute atomic E-state index is 0.239. The van der Waals surface area contributed by atoms with Gasteiger partial charge in [-0.3, -0.25) is 0 Å². The molecule has 1 aromatic heterocycles. The zero-order chi connectivity index (χ0) is 13.7. The number of nitrogens with two attached hydrogens (primary N) is 1. The molecule has 1 aliphatic heterocycles. The van der Waals surface area contributed by atoms with Gasteiger partial charge in [0.1, 0.15) is 0 Å². The lowest BCUT2D eigenvalue weighted by atomic mass is 9.84. The number of hydrogen-bond acceptors (Lipinski definition) is 5. The summed E-state index contributed by atoms with van der Waals surface area (Å²) in [7, 11) is 0. The molecule has 2 N–H and O–H groups in total. The smallest absolute Gasteiger partial charge is 0.226 e. The number of ether oxygens (including phenoxy) is 1. The lowest BCUT2D eigenvalue weighted by Gasteiger charge is -2.22. The first-order valence-electron chi connectivity index (χ1n) is 7.18. The molecule has 2 heterocycles. The van der Waals surface area contributed by atoms with E-state index in [1.807, 2.05) is 0 Å². The second kappa shape index (κ2) is 6.48. The van der Waals surface area contributed by atoms with Crippen molar-refractivity contribution >= 4 is 0 Å². The molecule has 1 saturated heterocycles. The molecule has 1 unspecified atom stereocenters. The van der Waals surface area contributed by atoms with E-state index in [1.165, 1.54) is 0 Å². The van der Waals surface area contributed by atoms with Crippen LogP contribution in [0.15, 0.2) is 4.52 Å². The maximum atomic E-state index is 5.62. The van der Waals surface area contributed by atoms with Gasteiger partial charge in [0.05, 0.1) is 0 Å². The Balaban J connectivity index is 1.80. The van der Waals surface area contributed by atoms with Gasteiger partial charge in [0.25, 0.3) is 0 Å². The van der Waals surface area contributed by atoms with E-state index in [4.69, 9.17) is 15.0 Å². The van der Waals surface area contributed by atoms with Crippen LogP contribution in [0.4, 0.5) is 0 Å². The van der Waals surface area contributed by atoms with Gasteiger partial charge in [-0.1, -0.05) is 19.0 Å². The molecule has 1 aliphatic rings. The molecular weight excluding hydrogens is 242 g/mol. The number of aromatic nitrogens is 2. The highest BCUT2D eigenvalue weighted by Gasteiger charge is 2.21. The Morgan fingerprint density at radius 1 is 1.37 bits per heavy atom. The first-order valence-corrected chi connectivity index (χ1v) is 7.18. The van der Waals surface area contributed by atoms with E-state index in [0.717, 1.165) is 63.6 Å². The lowest BCUT2D eigenvalue weighted by molar-refractivity contribution is 0.185. The highest BCUT2D eigenvalue weighted by molar-refractivity contribution is 4.90. The predicted molar refractivity (Wildman–Crippen MR) is 72.7 cm³/mol. The van der Waals surface area contributed by atoms with Crippen molar-refractivity contribution in [1.29, 1.82) is 0 Å². The molecule has 0 spiro atoms. The molecule has 1 aromatic rings. The molecule has 0 aromatic carbocycles. The van der Waals surface area contributed by atoms with Crippen LogP contribution >= 0.6 is 0 Å². The number of rotatable bonds is 7. The molecule has 108 valence electrons. The number of aryl methyl sites for hydroxylation is 1. The van der Waals surface area contributed by atoms with Gasteiger partial charge < -0.3 is 15.0 Å². The van der Waals surface area contributed by atoms with Crippen molar-refractivity contribution in [2.24, 2.45) is 17.1 Å². The van der Waals surface area contributed by atoms with Gasteiger partial charge in [-0.05, 0) is 37.1 Å². The van der Waals surface area contributed by atoms with E-state index in [-0.39, 0.29) is 5.41 Å². The first-order chi connectivity index (χ1) is 9.09. The largest absolute Gasteiger partial charge is 0.381 e. The predicted octanol–water partition coefficient (Wildman–Crippen LogP) is 1.96. The monoisotopic (exact) mass is 267 g/mol. The van der Waals surface area contributed by atoms with Crippen molar-refractivity contribution in [2.45, 2.75) is 46.0 Å². The summed E-state index contributed by atoms with van der Waals surface area (Å²) < 4.78 is 10.7. The Morgan fingerprint density at radius 2 is 2.21 bits per heavy atom. The van der Waals surface area contributed by atoms with Crippen molar-refractivity contribution in [2.75, 3.05) is 19.8 Å². The quantitative estimate of drug-likeness (QED) is 0.817. The lowest BCUT2D eigenvalue weighted by Crippen LogP contribution is -2.17. The molecular formula is C14H25N3O2. The van der Waals surface area contributed by atoms with Crippen molar-refractivity contribution in [3.8, 4) is 0 Å². The van der Waals surface area contributed by atoms with Gasteiger partial charge in [-0.2, -0.15) is 4.98 Å². The topological polar surface area (TPSA) is 74.2 Å².